The molecule has 37 heavy (non-hydrogen) atoms. The van der Waals surface area contributed by atoms with Crippen molar-refractivity contribution in [2.75, 3.05) is 42.7 Å². The number of benzene rings is 1. The maximum Gasteiger partial charge on any atom is 0.334 e. The van der Waals surface area contributed by atoms with E-state index in [0.29, 0.717) is 0 Å². The zero-order valence-corrected chi connectivity index (χ0v) is 28.3. The first kappa shape index (κ1) is 34.7. The van der Waals surface area contributed by atoms with Crippen LogP contribution in [0.15, 0.2) is 30.3 Å². The summed E-state index contributed by atoms with van der Waals surface area (Å²) in [5.74, 6) is 0. The van der Waals surface area contributed by atoms with Gasteiger partial charge < -0.3 is 26.6 Å². The van der Waals surface area contributed by atoms with Crippen LogP contribution in [-0.2, 0) is 32.0 Å². The average Bonchev–Trinajstić information content (AvgIpc) is 2.95. The van der Waals surface area contributed by atoms with Gasteiger partial charge in [0.05, 0.1) is 0 Å². The lowest BCUT2D eigenvalue weighted by Gasteiger charge is -2.36. The van der Waals surface area contributed by atoms with Crippen LogP contribution in [0.2, 0.25) is 37.8 Å². The van der Waals surface area contributed by atoms with E-state index in [1.54, 1.807) is 42.7 Å². The second-order valence-corrected chi connectivity index (χ2v) is 21.6. The molecule has 0 saturated heterocycles. The highest BCUT2D eigenvalue weighted by atomic mass is 28.4. The molecule has 0 amide bonds. The number of rotatable bonds is 22. The van der Waals surface area contributed by atoms with Gasteiger partial charge in [0, 0.05) is 42.7 Å². The van der Waals surface area contributed by atoms with Crippen molar-refractivity contribution < 1.29 is 26.6 Å². The number of unbranched alkanes of at least 4 members (excludes halogenated alkanes) is 3. The second kappa shape index (κ2) is 17.3. The van der Waals surface area contributed by atoms with Crippen molar-refractivity contribution in [2.24, 2.45) is 0 Å². The highest BCUT2D eigenvalue weighted by Crippen LogP contribution is 2.41. The molecule has 0 heterocycles. The van der Waals surface area contributed by atoms with Gasteiger partial charge in [0.25, 0.3) is 0 Å². The van der Waals surface area contributed by atoms with Gasteiger partial charge in [-0.05, 0) is 68.0 Å². The van der Waals surface area contributed by atoms with E-state index in [1.807, 2.05) is 0 Å². The zero-order chi connectivity index (χ0) is 27.8. The molecule has 0 spiro atoms. The van der Waals surface area contributed by atoms with Crippen LogP contribution in [0.3, 0.4) is 0 Å². The Morgan fingerprint density at radius 2 is 0.784 bits per heavy atom. The maximum atomic E-state index is 5.75. The third-order valence-corrected chi connectivity index (χ3v) is 17.6. The molecule has 6 nitrogen and oxygen atoms in total. The van der Waals surface area contributed by atoms with Gasteiger partial charge in [-0.15, -0.1) is 0 Å². The summed E-state index contributed by atoms with van der Waals surface area (Å²) in [6.45, 7) is 6.49. The molecule has 0 radical (unpaired) electrons. The Bertz CT molecular complexity index is 645. The van der Waals surface area contributed by atoms with E-state index in [4.69, 9.17) is 26.6 Å². The van der Waals surface area contributed by atoms with Crippen molar-refractivity contribution in [1.29, 1.82) is 0 Å². The molecule has 0 aliphatic carbocycles. The first-order chi connectivity index (χ1) is 17.6. The Hall–Kier alpha value is -0.369. The van der Waals surface area contributed by atoms with Crippen LogP contribution in [0, 0.1) is 0 Å². The van der Waals surface area contributed by atoms with Crippen molar-refractivity contribution in [1.82, 2.24) is 0 Å². The highest BCUT2D eigenvalue weighted by molar-refractivity contribution is 6.66. The molecule has 0 bridgehead atoms. The van der Waals surface area contributed by atoms with Crippen molar-refractivity contribution in [2.45, 2.75) is 101 Å². The molecule has 0 aromatic heterocycles. The molecule has 0 aliphatic heterocycles. The predicted octanol–water partition coefficient (Wildman–Crippen LogP) is 7.53. The van der Waals surface area contributed by atoms with Crippen LogP contribution in [-0.4, -0.2) is 68.3 Å². The monoisotopic (exact) mass is 572 g/mol. The average molecular weight is 573 g/mol. The molecular weight excluding hydrogens is 517 g/mol. The standard InChI is InChI=1S/C28H56O6Si3/c1-29-35(7,30-2)24-16-13-21-28(27-19-11-10-12-20-27,22-14-17-25-36(8,31-3)32-4)23-15-18-26-37(9,33-5)34-6/h10-12,19-20H,13-18,21-26H2,1-9H3. The van der Waals surface area contributed by atoms with E-state index in [2.05, 4.69) is 50.0 Å². The Morgan fingerprint density at radius 1 is 0.486 bits per heavy atom. The van der Waals surface area contributed by atoms with Crippen molar-refractivity contribution in [3.05, 3.63) is 35.9 Å². The Balaban J connectivity index is 3.02. The molecule has 0 saturated carbocycles. The van der Waals surface area contributed by atoms with E-state index >= 15 is 0 Å². The van der Waals surface area contributed by atoms with E-state index in [9.17, 15) is 0 Å². The van der Waals surface area contributed by atoms with E-state index in [-0.39, 0.29) is 5.41 Å². The molecule has 1 aromatic carbocycles. The molecule has 0 aliphatic rings. The first-order valence-corrected chi connectivity index (χ1v) is 21.5. The zero-order valence-electron chi connectivity index (χ0n) is 25.3. The van der Waals surface area contributed by atoms with Gasteiger partial charge in [-0.2, -0.15) is 0 Å². The van der Waals surface area contributed by atoms with Gasteiger partial charge in [0.15, 0.2) is 0 Å². The van der Waals surface area contributed by atoms with Crippen LogP contribution < -0.4 is 0 Å². The molecule has 0 fully saturated rings. The molecular formula is C28H56O6Si3. The minimum atomic E-state index is -2.04. The quantitative estimate of drug-likeness (QED) is 0.106. The van der Waals surface area contributed by atoms with Crippen LogP contribution in [0.5, 0.6) is 0 Å². The van der Waals surface area contributed by atoms with E-state index < -0.39 is 25.7 Å². The predicted molar refractivity (Wildman–Crippen MR) is 161 cm³/mol. The first-order valence-electron chi connectivity index (χ1n) is 14.0. The fraction of sp³-hybridized carbons (Fsp3) is 0.786. The summed E-state index contributed by atoms with van der Waals surface area (Å²) in [6.07, 6.45) is 10.5. The topological polar surface area (TPSA) is 55.4 Å². The highest BCUT2D eigenvalue weighted by Gasteiger charge is 2.35. The van der Waals surface area contributed by atoms with Gasteiger partial charge in [0.1, 0.15) is 0 Å². The summed E-state index contributed by atoms with van der Waals surface area (Å²) in [4.78, 5) is 0. The van der Waals surface area contributed by atoms with Crippen LogP contribution in [0.25, 0.3) is 0 Å². The molecule has 0 unspecified atom stereocenters. The van der Waals surface area contributed by atoms with E-state index in [1.165, 1.54) is 44.1 Å². The number of hydrogen-bond acceptors (Lipinski definition) is 6. The van der Waals surface area contributed by atoms with Crippen molar-refractivity contribution in [3.63, 3.8) is 0 Å². The lowest BCUT2D eigenvalue weighted by molar-refractivity contribution is 0.242. The van der Waals surface area contributed by atoms with Crippen LogP contribution in [0.4, 0.5) is 0 Å². The van der Waals surface area contributed by atoms with E-state index in [0.717, 1.165) is 37.4 Å². The third-order valence-electron chi connectivity index (χ3n) is 8.59. The summed E-state index contributed by atoms with van der Waals surface area (Å²) in [7, 11) is 4.62. The Kier molecular flexibility index (Phi) is 16.2. The summed E-state index contributed by atoms with van der Waals surface area (Å²) in [5.41, 5.74) is 1.64. The van der Waals surface area contributed by atoms with Gasteiger partial charge in [-0.3, -0.25) is 0 Å². The molecule has 0 atom stereocenters. The van der Waals surface area contributed by atoms with Crippen molar-refractivity contribution >= 4 is 25.7 Å². The van der Waals surface area contributed by atoms with Crippen LogP contribution >= 0.6 is 0 Å². The summed E-state index contributed by atoms with van der Waals surface area (Å²) < 4.78 is 34.5. The van der Waals surface area contributed by atoms with Gasteiger partial charge in [-0.1, -0.05) is 68.9 Å². The second-order valence-electron chi connectivity index (χ2n) is 10.9. The molecule has 216 valence electrons. The van der Waals surface area contributed by atoms with Gasteiger partial charge >= 0.3 is 25.7 Å². The third kappa shape index (κ3) is 11.7. The van der Waals surface area contributed by atoms with Crippen molar-refractivity contribution in [3.8, 4) is 0 Å². The summed E-state index contributed by atoms with van der Waals surface area (Å²) >= 11 is 0. The van der Waals surface area contributed by atoms with Gasteiger partial charge in [-0.25, -0.2) is 0 Å². The largest absolute Gasteiger partial charge is 0.398 e. The maximum absolute atomic E-state index is 5.75. The van der Waals surface area contributed by atoms with Crippen LogP contribution in [0.1, 0.15) is 63.4 Å². The minimum Gasteiger partial charge on any atom is -0.398 e. The fourth-order valence-corrected chi connectivity index (χ4v) is 9.59. The Labute approximate surface area is 231 Å². The molecule has 0 N–H and O–H groups in total. The normalized spacial score (nSPS) is 13.3. The summed E-state index contributed by atoms with van der Waals surface area (Å²) in [5, 5.41) is 0. The lowest BCUT2D eigenvalue weighted by atomic mass is 9.69. The molecule has 1 rings (SSSR count). The molecule has 9 heteroatoms. The Morgan fingerprint density at radius 3 is 1.05 bits per heavy atom. The summed E-state index contributed by atoms with van der Waals surface area (Å²) in [6, 6.07) is 14.3. The molecule has 1 aromatic rings. The number of hydrogen-bond donors (Lipinski definition) is 0. The smallest absolute Gasteiger partial charge is 0.334 e. The lowest BCUT2D eigenvalue weighted by Crippen LogP contribution is -2.36. The van der Waals surface area contributed by atoms with Gasteiger partial charge in [0.2, 0.25) is 0 Å². The SMILES string of the molecule is CO[Si](C)(CCCCC(CCCC[Si](C)(OC)OC)(CCCC[Si](C)(OC)OC)c1ccccc1)OC. The minimum absolute atomic E-state index is 0.162. The fourth-order valence-electron chi connectivity index (χ4n) is 5.19.